The molecule has 34 heavy (non-hydrogen) atoms. The van der Waals surface area contributed by atoms with Gasteiger partial charge in [-0.25, -0.2) is 9.97 Å². The van der Waals surface area contributed by atoms with Crippen LogP contribution in [0, 0.1) is 0 Å². The lowest BCUT2D eigenvalue weighted by Crippen LogP contribution is -2.29. The number of amides is 1. The molecule has 7 nitrogen and oxygen atoms in total. The van der Waals surface area contributed by atoms with E-state index in [1.807, 2.05) is 72.8 Å². The monoisotopic (exact) mass is 450 g/mol. The van der Waals surface area contributed by atoms with Gasteiger partial charge in [0.1, 0.15) is 0 Å². The van der Waals surface area contributed by atoms with Crippen molar-refractivity contribution in [3.63, 3.8) is 0 Å². The Morgan fingerprint density at radius 1 is 0.824 bits per heavy atom. The van der Waals surface area contributed by atoms with E-state index >= 15 is 0 Å². The van der Waals surface area contributed by atoms with Crippen molar-refractivity contribution < 1.29 is 14.3 Å². The van der Waals surface area contributed by atoms with Gasteiger partial charge in [-0.05, 0) is 42.5 Å². The van der Waals surface area contributed by atoms with Crippen LogP contribution >= 0.6 is 0 Å². The van der Waals surface area contributed by atoms with Crippen LogP contribution in [0.15, 0.2) is 72.8 Å². The lowest BCUT2D eigenvalue weighted by Gasteiger charge is -2.17. The Balaban J connectivity index is 1.48. The van der Waals surface area contributed by atoms with E-state index in [2.05, 4.69) is 4.57 Å². The van der Waals surface area contributed by atoms with Gasteiger partial charge in [0, 0.05) is 24.0 Å². The minimum Gasteiger partial charge on any atom is -0.493 e. The maximum Gasteiger partial charge on any atom is 0.261 e. The fourth-order valence-corrected chi connectivity index (χ4v) is 4.62. The summed E-state index contributed by atoms with van der Waals surface area (Å²) in [4.78, 5) is 25.3. The number of pyridine rings is 1. The fraction of sp³-hybridized carbons (Fsp3) is 0.148. The number of imidazole rings is 1. The first-order valence-electron chi connectivity index (χ1n) is 11.1. The molecular formula is C27H22N4O3. The zero-order chi connectivity index (χ0) is 23.2. The molecule has 3 aromatic carbocycles. The molecule has 0 fully saturated rings. The molecule has 3 heterocycles. The number of para-hydroxylation sites is 3. The summed E-state index contributed by atoms with van der Waals surface area (Å²) in [7, 11) is 3.20. The number of hydrogen-bond acceptors (Lipinski definition) is 5. The molecule has 1 amide bonds. The summed E-state index contributed by atoms with van der Waals surface area (Å²) >= 11 is 0. The maximum atomic E-state index is 13.9. The topological polar surface area (TPSA) is 69.5 Å². The number of benzene rings is 3. The standard InChI is InChI=1S/C27H22N4O3/c1-33-24-12-11-17(15-25(24)34-2)22-16-19(18-7-3-4-8-20(18)28-22)26(32)31-14-13-30-23-10-6-5-9-21(23)29-27(30)31/h3-12,15-16H,13-14H2,1-2H3. The third kappa shape index (κ3) is 3.08. The van der Waals surface area contributed by atoms with Crippen molar-refractivity contribution in [2.75, 3.05) is 25.7 Å². The van der Waals surface area contributed by atoms with Gasteiger partial charge < -0.3 is 14.0 Å². The number of methoxy groups -OCH3 is 2. The SMILES string of the molecule is COc1ccc(-c2cc(C(=O)N3CCn4c3nc3ccccc34)c3ccccc3n2)cc1OC. The van der Waals surface area contributed by atoms with E-state index in [0.29, 0.717) is 41.8 Å². The van der Waals surface area contributed by atoms with Crippen molar-refractivity contribution in [2.24, 2.45) is 0 Å². The summed E-state index contributed by atoms with van der Waals surface area (Å²) in [5, 5.41) is 0.811. The molecule has 7 heteroatoms. The zero-order valence-electron chi connectivity index (χ0n) is 18.9. The van der Waals surface area contributed by atoms with Gasteiger partial charge in [0.25, 0.3) is 5.91 Å². The lowest BCUT2D eigenvalue weighted by atomic mass is 10.0. The van der Waals surface area contributed by atoms with Gasteiger partial charge >= 0.3 is 0 Å². The van der Waals surface area contributed by atoms with Crippen molar-refractivity contribution in [3.05, 3.63) is 78.4 Å². The zero-order valence-corrected chi connectivity index (χ0v) is 18.9. The van der Waals surface area contributed by atoms with Crippen LogP contribution in [0.1, 0.15) is 10.4 Å². The Morgan fingerprint density at radius 3 is 2.41 bits per heavy atom. The van der Waals surface area contributed by atoms with Crippen molar-refractivity contribution in [1.29, 1.82) is 0 Å². The van der Waals surface area contributed by atoms with E-state index in [4.69, 9.17) is 19.4 Å². The minimum atomic E-state index is -0.0885. The van der Waals surface area contributed by atoms with Gasteiger partial charge in [0.2, 0.25) is 5.95 Å². The average molecular weight is 450 g/mol. The number of hydrogen-bond donors (Lipinski definition) is 0. The fourth-order valence-electron chi connectivity index (χ4n) is 4.62. The Morgan fingerprint density at radius 2 is 1.59 bits per heavy atom. The predicted octanol–water partition coefficient (Wildman–Crippen LogP) is 4.93. The van der Waals surface area contributed by atoms with Crippen molar-refractivity contribution in [1.82, 2.24) is 14.5 Å². The van der Waals surface area contributed by atoms with Crippen molar-refractivity contribution in [3.8, 4) is 22.8 Å². The molecular weight excluding hydrogens is 428 g/mol. The van der Waals surface area contributed by atoms with Crippen LogP contribution in [0.25, 0.3) is 33.2 Å². The highest BCUT2D eigenvalue weighted by molar-refractivity contribution is 6.14. The summed E-state index contributed by atoms with van der Waals surface area (Å²) in [5.41, 5.74) is 4.81. The Labute approximate surface area is 196 Å². The average Bonchev–Trinajstić information content (AvgIpc) is 3.46. The van der Waals surface area contributed by atoms with Crippen LogP contribution < -0.4 is 14.4 Å². The molecule has 1 aliphatic heterocycles. The van der Waals surface area contributed by atoms with Crippen molar-refractivity contribution >= 4 is 33.8 Å². The highest BCUT2D eigenvalue weighted by atomic mass is 16.5. The molecule has 6 rings (SSSR count). The molecule has 5 aromatic rings. The van der Waals surface area contributed by atoms with E-state index in [0.717, 1.165) is 27.5 Å². The van der Waals surface area contributed by atoms with E-state index in [1.165, 1.54) is 0 Å². The quantitative estimate of drug-likeness (QED) is 0.388. The highest BCUT2D eigenvalue weighted by Crippen LogP contribution is 2.34. The number of aromatic nitrogens is 3. The van der Waals surface area contributed by atoms with Crippen LogP contribution in [0.4, 0.5) is 5.95 Å². The normalized spacial score (nSPS) is 12.8. The van der Waals surface area contributed by atoms with Crippen LogP contribution in [0.3, 0.4) is 0 Å². The summed E-state index contributed by atoms with van der Waals surface area (Å²) < 4.78 is 12.9. The van der Waals surface area contributed by atoms with Gasteiger partial charge in [-0.1, -0.05) is 30.3 Å². The largest absolute Gasteiger partial charge is 0.493 e. The molecule has 0 N–H and O–H groups in total. The summed E-state index contributed by atoms with van der Waals surface area (Å²) in [6.45, 7) is 1.29. The summed E-state index contributed by atoms with van der Waals surface area (Å²) in [6, 6.07) is 23.2. The first-order valence-corrected chi connectivity index (χ1v) is 11.1. The second kappa shape index (κ2) is 7.88. The number of carbonyl (C=O) groups is 1. The number of rotatable bonds is 4. The lowest BCUT2D eigenvalue weighted by molar-refractivity contribution is 0.0990. The third-order valence-corrected chi connectivity index (χ3v) is 6.29. The second-order valence-corrected chi connectivity index (χ2v) is 8.15. The summed E-state index contributed by atoms with van der Waals surface area (Å²) in [5.74, 6) is 1.84. The highest BCUT2D eigenvalue weighted by Gasteiger charge is 2.30. The van der Waals surface area contributed by atoms with Crippen molar-refractivity contribution in [2.45, 2.75) is 6.54 Å². The number of carbonyl (C=O) groups excluding carboxylic acids is 1. The van der Waals surface area contributed by atoms with E-state index in [-0.39, 0.29) is 5.91 Å². The molecule has 0 saturated carbocycles. The van der Waals surface area contributed by atoms with Gasteiger partial charge in [-0.3, -0.25) is 9.69 Å². The van der Waals surface area contributed by atoms with Crippen LogP contribution in [0.5, 0.6) is 11.5 Å². The molecule has 0 saturated heterocycles. The molecule has 0 spiro atoms. The van der Waals surface area contributed by atoms with Crippen LogP contribution in [-0.2, 0) is 6.54 Å². The first-order chi connectivity index (χ1) is 16.7. The molecule has 0 bridgehead atoms. The Bertz CT molecular complexity index is 1570. The van der Waals surface area contributed by atoms with Crippen LogP contribution in [0.2, 0.25) is 0 Å². The molecule has 0 radical (unpaired) electrons. The molecule has 2 aromatic heterocycles. The van der Waals surface area contributed by atoms with Gasteiger partial charge in [-0.2, -0.15) is 0 Å². The Hall–Kier alpha value is -4.39. The van der Waals surface area contributed by atoms with Gasteiger partial charge in [0.15, 0.2) is 11.5 Å². The predicted molar refractivity (Wildman–Crippen MR) is 132 cm³/mol. The number of nitrogens with zero attached hydrogens (tertiary/aromatic N) is 4. The van der Waals surface area contributed by atoms with E-state index < -0.39 is 0 Å². The maximum absolute atomic E-state index is 13.9. The molecule has 0 atom stereocenters. The second-order valence-electron chi connectivity index (χ2n) is 8.15. The first kappa shape index (κ1) is 20.2. The number of fused-ring (bicyclic) bond motifs is 4. The van der Waals surface area contributed by atoms with Gasteiger partial charge in [0.05, 0.1) is 42.0 Å². The van der Waals surface area contributed by atoms with E-state index in [1.54, 1.807) is 19.1 Å². The molecule has 0 unspecified atom stereocenters. The number of ether oxygens (including phenoxy) is 2. The smallest absolute Gasteiger partial charge is 0.261 e. The number of anilines is 1. The summed E-state index contributed by atoms with van der Waals surface area (Å²) in [6.07, 6.45) is 0. The Kier molecular flexibility index (Phi) is 4.69. The molecule has 0 aliphatic carbocycles. The van der Waals surface area contributed by atoms with Crippen LogP contribution in [-0.4, -0.2) is 41.2 Å². The molecule has 168 valence electrons. The minimum absolute atomic E-state index is 0.0885. The molecule has 1 aliphatic rings. The van der Waals surface area contributed by atoms with E-state index in [9.17, 15) is 4.79 Å². The third-order valence-electron chi connectivity index (χ3n) is 6.29. The van der Waals surface area contributed by atoms with Gasteiger partial charge in [-0.15, -0.1) is 0 Å².